The van der Waals surface area contributed by atoms with Gasteiger partial charge in [0.1, 0.15) is 0 Å². The molecule has 7 heteroatoms. The fourth-order valence-corrected chi connectivity index (χ4v) is 2.69. The third-order valence-electron chi connectivity index (χ3n) is 3.24. The molecule has 0 aliphatic carbocycles. The number of aromatic nitrogens is 1. The highest BCUT2D eigenvalue weighted by Gasteiger charge is 2.16. The monoisotopic (exact) mass is 325 g/mol. The van der Waals surface area contributed by atoms with Crippen LogP contribution in [0.3, 0.4) is 0 Å². The molecule has 0 fully saturated rings. The van der Waals surface area contributed by atoms with Gasteiger partial charge in [-0.2, -0.15) is 0 Å². The Hall–Kier alpha value is -2.02. The Morgan fingerprint density at radius 3 is 2.82 bits per heavy atom. The number of amides is 2. The molecule has 22 heavy (non-hydrogen) atoms. The van der Waals surface area contributed by atoms with E-state index in [0.717, 1.165) is 11.1 Å². The Morgan fingerprint density at radius 2 is 2.14 bits per heavy atom. The lowest BCUT2D eigenvalue weighted by Gasteiger charge is -2.17. The van der Waals surface area contributed by atoms with E-state index >= 15 is 0 Å². The number of halogens is 2. The molecule has 4 nitrogen and oxygen atoms in total. The molecule has 1 heterocycles. The lowest BCUT2D eigenvalue weighted by atomic mass is 10.1. The lowest BCUT2D eigenvalue weighted by Crippen LogP contribution is -2.39. The molecular weight excluding hydrogens is 308 g/mol. The largest absolute Gasteiger partial charge is 0.337 e. The van der Waals surface area contributed by atoms with Gasteiger partial charge >= 0.3 is 6.03 Å². The molecule has 0 spiro atoms. The maximum absolute atomic E-state index is 13.6. The van der Waals surface area contributed by atoms with Crippen molar-refractivity contribution >= 4 is 17.4 Å². The summed E-state index contributed by atoms with van der Waals surface area (Å²) in [5, 5.41) is 8.11. The van der Waals surface area contributed by atoms with Crippen LogP contribution in [-0.4, -0.2) is 17.6 Å². The normalized spacial score (nSPS) is 13.5. The van der Waals surface area contributed by atoms with Gasteiger partial charge in [-0.3, -0.25) is 0 Å². The SMILES string of the molecule is C[C@@H](CNC(=O)N[C@H](C)c1cccc(F)c1F)c1nccs1. The van der Waals surface area contributed by atoms with E-state index in [9.17, 15) is 13.6 Å². The number of urea groups is 1. The summed E-state index contributed by atoms with van der Waals surface area (Å²) in [5.41, 5.74) is 0.114. The van der Waals surface area contributed by atoms with Crippen LogP contribution in [-0.2, 0) is 0 Å². The van der Waals surface area contributed by atoms with Crippen LogP contribution in [0.25, 0.3) is 0 Å². The number of nitrogens with one attached hydrogen (secondary N) is 2. The first kappa shape index (κ1) is 16.4. The molecule has 0 bridgehead atoms. The van der Waals surface area contributed by atoms with Crippen LogP contribution in [0.1, 0.15) is 36.4 Å². The fourth-order valence-electron chi connectivity index (χ4n) is 1.99. The first-order valence-electron chi connectivity index (χ1n) is 6.86. The summed E-state index contributed by atoms with van der Waals surface area (Å²) in [6.45, 7) is 3.97. The number of carbonyl (C=O) groups excluding carboxylic acids is 1. The van der Waals surface area contributed by atoms with Crippen LogP contribution >= 0.6 is 11.3 Å². The van der Waals surface area contributed by atoms with Crippen molar-refractivity contribution in [2.24, 2.45) is 0 Å². The van der Waals surface area contributed by atoms with Gasteiger partial charge < -0.3 is 10.6 Å². The van der Waals surface area contributed by atoms with E-state index in [4.69, 9.17) is 0 Å². The zero-order chi connectivity index (χ0) is 16.1. The van der Waals surface area contributed by atoms with Crippen LogP contribution in [0.15, 0.2) is 29.8 Å². The summed E-state index contributed by atoms with van der Waals surface area (Å²) in [6.07, 6.45) is 1.71. The van der Waals surface area contributed by atoms with E-state index in [1.54, 1.807) is 13.1 Å². The summed E-state index contributed by atoms with van der Waals surface area (Å²) in [5.74, 6) is -1.78. The number of hydrogen-bond acceptors (Lipinski definition) is 3. The average Bonchev–Trinajstić information content (AvgIpc) is 3.01. The maximum Gasteiger partial charge on any atom is 0.315 e. The zero-order valence-electron chi connectivity index (χ0n) is 12.3. The highest BCUT2D eigenvalue weighted by molar-refractivity contribution is 7.09. The highest BCUT2D eigenvalue weighted by atomic mass is 32.1. The van der Waals surface area contributed by atoms with Gasteiger partial charge in [-0.25, -0.2) is 18.6 Å². The van der Waals surface area contributed by atoms with E-state index in [1.807, 2.05) is 12.3 Å². The van der Waals surface area contributed by atoms with Crippen molar-refractivity contribution < 1.29 is 13.6 Å². The number of thiazole rings is 1. The van der Waals surface area contributed by atoms with E-state index in [2.05, 4.69) is 15.6 Å². The molecule has 118 valence electrons. The summed E-state index contributed by atoms with van der Waals surface area (Å²) in [4.78, 5) is 16.0. The van der Waals surface area contributed by atoms with Crippen LogP contribution in [0, 0.1) is 11.6 Å². The minimum absolute atomic E-state index is 0.0898. The average molecular weight is 325 g/mol. The number of nitrogens with zero attached hydrogens (tertiary/aromatic N) is 1. The highest BCUT2D eigenvalue weighted by Crippen LogP contribution is 2.19. The van der Waals surface area contributed by atoms with Crippen molar-refractivity contribution in [2.45, 2.75) is 25.8 Å². The number of carbonyl (C=O) groups is 1. The first-order valence-corrected chi connectivity index (χ1v) is 7.74. The number of rotatable bonds is 5. The smallest absolute Gasteiger partial charge is 0.315 e. The standard InChI is InChI=1S/C15H17F2N3OS/c1-9(14-18-6-7-22-14)8-19-15(21)20-10(2)11-4-3-5-12(16)13(11)17/h3-7,9-10H,8H2,1-2H3,(H2,19,20,21)/t9-,10+/m0/s1. The van der Waals surface area contributed by atoms with Crippen molar-refractivity contribution in [3.63, 3.8) is 0 Å². The molecule has 1 aromatic heterocycles. The van der Waals surface area contributed by atoms with Gasteiger partial charge in [0.2, 0.25) is 0 Å². The Labute approximate surface area is 131 Å². The second-order valence-corrected chi connectivity index (χ2v) is 5.92. The quantitative estimate of drug-likeness (QED) is 0.883. The molecular formula is C15H17F2N3OS. The molecule has 0 saturated heterocycles. The van der Waals surface area contributed by atoms with Crippen LogP contribution in [0.5, 0.6) is 0 Å². The molecule has 2 amide bonds. The van der Waals surface area contributed by atoms with Gasteiger partial charge in [-0.05, 0) is 13.0 Å². The number of hydrogen-bond donors (Lipinski definition) is 2. The van der Waals surface area contributed by atoms with Crippen molar-refractivity contribution in [3.05, 3.63) is 52.0 Å². The van der Waals surface area contributed by atoms with Crippen molar-refractivity contribution in [2.75, 3.05) is 6.54 Å². The van der Waals surface area contributed by atoms with Crippen molar-refractivity contribution in [1.29, 1.82) is 0 Å². The van der Waals surface area contributed by atoms with Gasteiger partial charge in [0.25, 0.3) is 0 Å². The predicted octanol–water partition coefficient (Wildman–Crippen LogP) is 3.59. The molecule has 2 aromatic rings. The Kier molecular flexibility index (Phi) is 5.43. The van der Waals surface area contributed by atoms with E-state index in [0.29, 0.717) is 6.54 Å². The summed E-state index contributed by atoms with van der Waals surface area (Å²) < 4.78 is 26.8. The second-order valence-electron chi connectivity index (χ2n) is 4.99. The molecule has 1 aromatic carbocycles. The van der Waals surface area contributed by atoms with Gasteiger partial charge in [-0.15, -0.1) is 11.3 Å². The van der Waals surface area contributed by atoms with E-state index in [-0.39, 0.29) is 11.5 Å². The minimum atomic E-state index is -0.938. The molecule has 2 atom stereocenters. The summed E-state index contributed by atoms with van der Waals surface area (Å²) >= 11 is 1.52. The molecule has 0 saturated carbocycles. The van der Waals surface area contributed by atoms with Crippen LogP contribution in [0.4, 0.5) is 13.6 Å². The molecule has 0 aliphatic heterocycles. The van der Waals surface area contributed by atoms with Gasteiger partial charge in [0.15, 0.2) is 11.6 Å². The van der Waals surface area contributed by atoms with Crippen LogP contribution in [0.2, 0.25) is 0 Å². The van der Waals surface area contributed by atoms with Crippen LogP contribution < -0.4 is 10.6 Å². The van der Waals surface area contributed by atoms with Gasteiger partial charge in [0.05, 0.1) is 11.0 Å². The Morgan fingerprint density at radius 1 is 1.36 bits per heavy atom. The van der Waals surface area contributed by atoms with Crippen molar-refractivity contribution in [1.82, 2.24) is 15.6 Å². The molecule has 2 rings (SSSR count). The third kappa shape index (κ3) is 4.00. The lowest BCUT2D eigenvalue weighted by molar-refractivity contribution is 0.237. The molecule has 0 unspecified atom stereocenters. The van der Waals surface area contributed by atoms with Gasteiger partial charge in [0, 0.05) is 29.6 Å². The second kappa shape index (κ2) is 7.31. The first-order chi connectivity index (χ1) is 10.5. The third-order valence-corrected chi connectivity index (χ3v) is 4.24. The molecule has 0 aliphatic rings. The number of benzene rings is 1. The molecule has 0 radical (unpaired) electrons. The van der Waals surface area contributed by atoms with Gasteiger partial charge in [-0.1, -0.05) is 19.1 Å². The van der Waals surface area contributed by atoms with E-state index < -0.39 is 23.7 Å². The van der Waals surface area contributed by atoms with Crippen molar-refractivity contribution in [3.8, 4) is 0 Å². The summed E-state index contributed by atoms with van der Waals surface area (Å²) in [6, 6.07) is 2.84. The van der Waals surface area contributed by atoms with E-state index in [1.165, 1.54) is 23.5 Å². The fraction of sp³-hybridized carbons (Fsp3) is 0.333. The maximum atomic E-state index is 13.6. The Bertz CT molecular complexity index is 634. The Balaban J connectivity index is 1.87. The minimum Gasteiger partial charge on any atom is -0.337 e. The molecule has 2 N–H and O–H groups in total. The summed E-state index contributed by atoms with van der Waals surface area (Å²) in [7, 11) is 0. The topological polar surface area (TPSA) is 54.0 Å². The predicted molar refractivity (Wildman–Crippen MR) is 81.8 cm³/mol. The zero-order valence-corrected chi connectivity index (χ0v) is 13.1.